The monoisotopic (exact) mass is 477 g/mol. The molecule has 0 radical (unpaired) electrons. The van der Waals surface area contributed by atoms with Gasteiger partial charge >= 0.3 is 0 Å². The van der Waals surface area contributed by atoms with Crippen LogP contribution in [0.1, 0.15) is 43.2 Å². The lowest BCUT2D eigenvalue weighted by atomic mass is 9.89. The molecule has 0 amide bonds. The van der Waals surface area contributed by atoms with Gasteiger partial charge in [-0.3, -0.25) is 4.79 Å². The number of carbonyl (C=O) groups is 1. The SMILES string of the molecule is Cc1cc(C)c(CC(=O)c2sccc2S(=O)(=O)Nc2onc(C)c2Cl)c(C)c1CC#N. The second kappa shape index (κ2) is 8.83. The maximum atomic E-state index is 13.1. The molecule has 2 aromatic heterocycles. The number of thiophene rings is 1. The maximum Gasteiger partial charge on any atom is 0.265 e. The lowest BCUT2D eigenvalue weighted by Gasteiger charge is -2.15. The van der Waals surface area contributed by atoms with Crippen molar-refractivity contribution in [1.82, 2.24) is 5.16 Å². The number of halogens is 1. The predicted molar refractivity (Wildman–Crippen MR) is 119 cm³/mol. The lowest BCUT2D eigenvalue weighted by Crippen LogP contribution is -2.16. The molecular weight excluding hydrogens is 458 g/mol. The number of rotatable bonds is 7. The molecule has 0 fully saturated rings. The van der Waals surface area contributed by atoms with Crippen LogP contribution in [0.25, 0.3) is 0 Å². The quantitative estimate of drug-likeness (QED) is 0.483. The second-order valence-corrected chi connectivity index (χ2v) is 10.1. The summed E-state index contributed by atoms with van der Waals surface area (Å²) < 4.78 is 32.9. The van der Waals surface area contributed by atoms with Crippen LogP contribution in [-0.2, 0) is 22.9 Å². The van der Waals surface area contributed by atoms with Crippen molar-refractivity contribution in [1.29, 1.82) is 5.26 Å². The van der Waals surface area contributed by atoms with Gasteiger partial charge in [-0.2, -0.15) is 5.26 Å². The molecule has 2 heterocycles. The Balaban J connectivity index is 1.94. The van der Waals surface area contributed by atoms with Gasteiger partial charge in [-0.1, -0.05) is 22.8 Å². The van der Waals surface area contributed by atoms with E-state index < -0.39 is 10.0 Å². The fraction of sp³-hybridized carbons (Fsp3) is 0.286. The first-order valence-electron chi connectivity index (χ1n) is 9.27. The number of hydrogen-bond acceptors (Lipinski definition) is 7. The third kappa shape index (κ3) is 4.51. The largest absolute Gasteiger partial charge is 0.336 e. The summed E-state index contributed by atoms with van der Waals surface area (Å²) in [6.45, 7) is 7.30. The molecule has 0 saturated carbocycles. The van der Waals surface area contributed by atoms with Crippen LogP contribution >= 0.6 is 22.9 Å². The Morgan fingerprint density at radius 1 is 1.26 bits per heavy atom. The van der Waals surface area contributed by atoms with Gasteiger partial charge in [0.05, 0.1) is 17.4 Å². The van der Waals surface area contributed by atoms with Gasteiger partial charge in [0.25, 0.3) is 15.9 Å². The first-order chi connectivity index (χ1) is 14.6. The Morgan fingerprint density at radius 3 is 2.55 bits per heavy atom. The van der Waals surface area contributed by atoms with Gasteiger partial charge in [-0.25, -0.2) is 13.1 Å². The summed E-state index contributed by atoms with van der Waals surface area (Å²) in [5, 5.41) is 14.3. The van der Waals surface area contributed by atoms with Crippen molar-refractivity contribution in [3.05, 3.63) is 60.9 Å². The van der Waals surface area contributed by atoms with Crippen LogP contribution in [0.15, 0.2) is 26.9 Å². The molecule has 31 heavy (non-hydrogen) atoms. The Kier molecular flexibility index (Phi) is 6.55. The van der Waals surface area contributed by atoms with E-state index in [-0.39, 0.29) is 39.3 Å². The number of hydrogen-bond donors (Lipinski definition) is 1. The Hall–Kier alpha value is -2.67. The number of nitrogens with zero attached hydrogens (tertiary/aromatic N) is 2. The smallest absolute Gasteiger partial charge is 0.265 e. The molecular formula is C21H20ClN3O4S2. The summed E-state index contributed by atoms with van der Waals surface area (Å²) in [7, 11) is -4.11. The summed E-state index contributed by atoms with van der Waals surface area (Å²) in [6.07, 6.45) is 0.278. The average molecular weight is 478 g/mol. The second-order valence-electron chi connectivity index (χ2n) is 7.16. The molecule has 1 aromatic carbocycles. The van der Waals surface area contributed by atoms with Gasteiger partial charge in [-0.15, -0.1) is 11.3 Å². The number of carbonyl (C=O) groups excluding carboxylic acids is 1. The third-order valence-corrected chi connectivity index (χ3v) is 7.98. The molecule has 0 saturated heterocycles. The molecule has 0 spiro atoms. The summed E-state index contributed by atoms with van der Waals surface area (Å²) in [6, 6.07) is 5.47. The predicted octanol–water partition coefficient (Wildman–Crippen LogP) is 4.92. The molecule has 0 atom stereocenters. The number of nitriles is 1. The van der Waals surface area contributed by atoms with Crippen molar-refractivity contribution in [2.24, 2.45) is 0 Å². The van der Waals surface area contributed by atoms with Crippen molar-refractivity contribution in [2.75, 3.05) is 4.72 Å². The van der Waals surface area contributed by atoms with Crippen LogP contribution in [0.2, 0.25) is 5.02 Å². The number of benzene rings is 1. The van der Waals surface area contributed by atoms with E-state index in [9.17, 15) is 13.2 Å². The van der Waals surface area contributed by atoms with E-state index in [1.165, 1.54) is 6.07 Å². The van der Waals surface area contributed by atoms with Gasteiger partial charge in [0, 0.05) is 6.42 Å². The minimum Gasteiger partial charge on any atom is -0.336 e. The fourth-order valence-electron chi connectivity index (χ4n) is 3.45. The number of anilines is 1. The molecule has 10 heteroatoms. The summed E-state index contributed by atoms with van der Waals surface area (Å²) in [4.78, 5) is 13.1. The number of aromatic nitrogens is 1. The highest BCUT2D eigenvalue weighted by molar-refractivity contribution is 7.93. The van der Waals surface area contributed by atoms with Crippen molar-refractivity contribution in [2.45, 2.75) is 45.4 Å². The van der Waals surface area contributed by atoms with Crippen LogP contribution in [0.5, 0.6) is 0 Å². The number of sulfonamides is 1. The van der Waals surface area contributed by atoms with E-state index in [1.54, 1.807) is 12.3 Å². The lowest BCUT2D eigenvalue weighted by molar-refractivity contribution is 0.0993. The fourth-order valence-corrected chi connectivity index (χ4v) is 6.01. The molecule has 7 nitrogen and oxygen atoms in total. The van der Waals surface area contributed by atoms with Gasteiger partial charge in [-0.05, 0) is 67.0 Å². The average Bonchev–Trinajstić information content (AvgIpc) is 3.31. The molecule has 0 unspecified atom stereocenters. The van der Waals surface area contributed by atoms with Gasteiger partial charge < -0.3 is 4.52 Å². The summed E-state index contributed by atoms with van der Waals surface area (Å²) >= 11 is 7.06. The van der Waals surface area contributed by atoms with Crippen LogP contribution in [0.3, 0.4) is 0 Å². The van der Waals surface area contributed by atoms with Gasteiger partial charge in [0.1, 0.15) is 15.6 Å². The highest BCUT2D eigenvalue weighted by atomic mass is 35.5. The molecule has 3 aromatic rings. The number of ketones is 1. The minimum absolute atomic E-state index is 0.0293. The molecule has 0 bridgehead atoms. The van der Waals surface area contributed by atoms with E-state index in [0.29, 0.717) is 5.69 Å². The highest BCUT2D eigenvalue weighted by Crippen LogP contribution is 2.31. The molecule has 0 aliphatic carbocycles. The highest BCUT2D eigenvalue weighted by Gasteiger charge is 2.27. The van der Waals surface area contributed by atoms with E-state index in [1.807, 2.05) is 26.8 Å². The van der Waals surface area contributed by atoms with E-state index >= 15 is 0 Å². The number of nitrogens with one attached hydrogen (secondary N) is 1. The minimum atomic E-state index is -4.11. The molecule has 0 aliphatic heterocycles. The van der Waals surface area contributed by atoms with Crippen LogP contribution in [0, 0.1) is 39.0 Å². The van der Waals surface area contributed by atoms with Crippen LogP contribution < -0.4 is 4.72 Å². The van der Waals surface area contributed by atoms with Crippen molar-refractivity contribution in [3.63, 3.8) is 0 Å². The number of Topliss-reactive ketones (excluding diaryl/α,β-unsaturated/α-hetero) is 1. The van der Waals surface area contributed by atoms with Crippen molar-refractivity contribution < 1.29 is 17.7 Å². The standard InChI is InChI=1S/C21H20ClN3O4S2/c1-11-9-12(2)16(13(3)15(11)5-7-23)10-17(26)20-18(6-8-30-20)31(27,28)25-21-19(22)14(4)24-29-21/h6,8-9,25H,5,10H2,1-4H3. The normalized spacial score (nSPS) is 11.4. The van der Waals surface area contributed by atoms with Crippen molar-refractivity contribution >= 4 is 44.6 Å². The van der Waals surface area contributed by atoms with E-state index in [2.05, 4.69) is 15.9 Å². The van der Waals surface area contributed by atoms with E-state index in [4.69, 9.17) is 21.4 Å². The zero-order chi connectivity index (χ0) is 22.9. The number of aryl methyl sites for hydroxylation is 3. The molecule has 1 N–H and O–H groups in total. The summed E-state index contributed by atoms with van der Waals surface area (Å²) in [5.41, 5.74) is 4.85. The molecule has 3 rings (SSSR count). The first-order valence-corrected chi connectivity index (χ1v) is 12.0. The van der Waals surface area contributed by atoms with Crippen LogP contribution in [-0.4, -0.2) is 19.4 Å². The zero-order valence-corrected chi connectivity index (χ0v) is 19.8. The van der Waals surface area contributed by atoms with E-state index in [0.717, 1.165) is 39.2 Å². The Bertz CT molecular complexity index is 1320. The molecule has 0 aliphatic rings. The Labute approximate surface area is 189 Å². The third-order valence-electron chi connectivity index (χ3n) is 5.07. The Morgan fingerprint density at radius 2 is 1.94 bits per heavy atom. The first kappa shape index (κ1) is 23.0. The maximum absolute atomic E-state index is 13.1. The zero-order valence-electron chi connectivity index (χ0n) is 17.4. The summed E-state index contributed by atoms with van der Waals surface area (Å²) in [5.74, 6) is -0.525. The van der Waals surface area contributed by atoms with Crippen LogP contribution in [0.4, 0.5) is 5.88 Å². The topological polar surface area (TPSA) is 113 Å². The van der Waals surface area contributed by atoms with Crippen molar-refractivity contribution in [3.8, 4) is 6.07 Å². The molecule has 162 valence electrons. The van der Waals surface area contributed by atoms with Gasteiger partial charge in [0.2, 0.25) is 0 Å². The van der Waals surface area contributed by atoms with Gasteiger partial charge in [0.15, 0.2) is 5.78 Å².